The van der Waals surface area contributed by atoms with Crippen LogP contribution in [0, 0.1) is 5.92 Å². The lowest BCUT2D eigenvalue weighted by Gasteiger charge is -2.35. The van der Waals surface area contributed by atoms with Crippen molar-refractivity contribution >= 4 is 5.91 Å². The smallest absolute Gasteiger partial charge is 0.224 e. The van der Waals surface area contributed by atoms with Crippen molar-refractivity contribution in [2.24, 2.45) is 5.92 Å². The van der Waals surface area contributed by atoms with Crippen LogP contribution >= 0.6 is 0 Å². The van der Waals surface area contributed by atoms with E-state index >= 15 is 0 Å². The molecular weight excluding hydrogens is 242 g/mol. The summed E-state index contributed by atoms with van der Waals surface area (Å²) in [5.41, 5.74) is 0.0572. The molecule has 1 aromatic heterocycles. The second-order valence-corrected chi connectivity index (χ2v) is 5.78. The van der Waals surface area contributed by atoms with Gasteiger partial charge < -0.3 is 14.8 Å². The summed E-state index contributed by atoms with van der Waals surface area (Å²) in [5, 5.41) is 13.3. The van der Waals surface area contributed by atoms with Crippen LogP contribution in [0.15, 0.2) is 23.0 Å². The fourth-order valence-electron chi connectivity index (χ4n) is 2.79. The first kappa shape index (κ1) is 14.1. The molecule has 0 saturated heterocycles. The molecule has 0 spiro atoms. The van der Waals surface area contributed by atoms with Gasteiger partial charge in [0.25, 0.3) is 0 Å². The van der Waals surface area contributed by atoms with Gasteiger partial charge in [-0.3, -0.25) is 4.79 Å². The highest BCUT2D eigenvalue weighted by molar-refractivity contribution is 5.78. The Kier molecular flexibility index (Phi) is 4.64. The van der Waals surface area contributed by atoms with Gasteiger partial charge in [-0.2, -0.15) is 0 Å². The summed E-state index contributed by atoms with van der Waals surface area (Å²) in [6, 6.07) is 1.78. The summed E-state index contributed by atoms with van der Waals surface area (Å²) in [6.07, 6.45) is 9.18. The molecule has 1 fully saturated rings. The summed E-state index contributed by atoms with van der Waals surface area (Å²) in [5.74, 6) is 0.230. The Balaban J connectivity index is 1.78. The molecule has 0 radical (unpaired) electrons. The van der Waals surface area contributed by atoms with Crippen molar-refractivity contribution in [2.45, 2.75) is 51.0 Å². The van der Waals surface area contributed by atoms with Crippen molar-refractivity contribution in [1.82, 2.24) is 5.32 Å². The lowest BCUT2D eigenvalue weighted by atomic mass is 9.78. The minimum Gasteiger partial charge on any atom is -0.472 e. The van der Waals surface area contributed by atoms with Crippen LogP contribution in [0.3, 0.4) is 0 Å². The van der Waals surface area contributed by atoms with E-state index < -0.39 is 5.60 Å². The van der Waals surface area contributed by atoms with Crippen LogP contribution in [0.1, 0.15) is 44.6 Å². The Morgan fingerprint density at radius 2 is 2.21 bits per heavy atom. The lowest BCUT2D eigenvalue weighted by Crippen LogP contribution is -2.47. The van der Waals surface area contributed by atoms with Crippen LogP contribution in [0.25, 0.3) is 0 Å². The fourth-order valence-corrected chi connectivity index (χ4v) is 2.79. The van der Waals surface area contributed by atoms with Gasteiger partial charge in [0.1, 0.15) is 0 Å². The molecule has 1 aromatic rings. The Bertz CT molecular complexity index is 392. The van der Waals surface area contributed by atoms with Crippen molar-refractivity contribution in [1.29, 1.82) is 0 Å². The number of aliphatic hydroxyl groups is 1. The number of hydrogen-bond donors (Lipinski definition) is 2. The number of rotatable bonds is 5. The minimum atomic E-state index is -0.799. The van der Waals surface area contributed by atoms with E-state index in [1.807, 2.05) is 6.92 Å². The maximum Gasteiger partial charge on any atom is 0.224 e. The molecule has 1 atom stereocenters. The standard InChI is InChI=1S/C15H23NO3/c1-15(18,13-5-3-2-4-6-13)11-16-14(17)9-12-7-8-19-10-12/h7-8,10,13,18H,2-6,9,11H2,1H3,(H,16,17). The zero-order valence-corrected chi connectivity index (χ0v) is 11.5. The predicted octanol–water partition coefficient (Wildman–Crippen LogP) is 2.27. The monoisotopic (exact) mass is 265 g/mol. The normalized spacial score (nSPS) is 19.9. The molecule has 0 bridgehead atoms. The quantitative estimate of drug-likeness (QED) is 0.858. The summed E-state index contributed by atoms with van der Waals surface area (Å²) < 4.78 is 4.93. The van der Waals surface area contributed by atoms with Crippen molar-refractivity contribution in [3.8, 4) is 0 Å². The van der Waals surface area contributed by atoms with Gasteiger partial charge in [-0.15, -0.1) is 0 Å². The van der Waals surface area contributed by atoms with Gasteiger partial charge in [0.15, 0.2) is 0 Å². The maximum atomic E-state index is 11.8. The number of hydrogen-bond acceptors (Lipinski definition) is 3. The average Bonchev–Trinajstić information content (AvgIpc) is 2.90. The molecule has 1 saturated carbocycles. The largest absolute Gasteiger partial charge is 0.472 e. The van der Waals surface area contributed by atoms with Gasteiger partial charge in [-0.05, 0) is 37.3 Å². The Morgan fingerprint density at radius 3 is 2.84 bits per heavy atom. The number of carbonyl (C=O) groups excluding carboxylic acids is 1. The van der Waals surface area contributed by atoms with Crippen molar-refractivity contribution in [2.75, 3.05) is 6.54 Å². The van der Waals surface area contributed by atoms with E-state index in [0.29, 0.717) is 18.9 Å². The Hall–Kier alpha value is -1.29. The van der Waals surface area contributed by atoms with E-state index in [-0.39, 0.29) is 5.91 Å². The number of nitrogens with one attached hydrogen (secondary N) is 1. The van der Waals surface area contributed by atoms with E-state index in [2.05, 4.69) is 5.32 Å². The van der Waals surface area contributed by atoms with Crippen LogP contribution in [-0.4, -0.2) is 23.2 Å². The number of furan rings is 1. The summed E-state index contributed by atoms with van der Waals surface area (Å²) >= 11 is 0. The second kappa shape index (κ2) is 6.24. The molecule has 106 valence electrons. The van der Waals surface area contributed by atoms with Gasteiger partial charge in [-0.1, -0.05) is 19.3 Å². The molecule has 4 heteroatoms. The molecule has 1 unspecified atom stereocenters. The van der Waals surface area contributed by atoms with Crippen molar-refractivity contribution in [3.63, 3.8) is 0 Å². The molecule has 4 nitrogen and oxygen atoms in total. The maximum absolute atomic E-state index is 11.8. The summed E-state index contributed by atoms with van der Waals surface area (Å²) in [4.78, 5) is 11.8. The van der Waals surface area contributed by atoms with Crippen LogP contribution in [0.4, 0.5) is 0 Å². The van der Waals surface area contributed by atoms with E-state index in [1.165, 1.54) is 19.3 Å². The summed E-state index contributed by atoms with van der Waals surface area (Å²) in [6.45, 7) is 2.16. The molecule has 2 N–H and O–H groups in total. The van der Waals surface area contributed by atoms with E-state index in [9.17, 15) is 9.90 Å². The van der Waals surface area contributed by atoms with Crippen LogP contribution < -0.4 is 5.32 Å². The third-order valence-corrected chi connectivity index (χ3v) is 4.07. The molecule has 1 heterocycles. The third-order valence-electron chi connectivity index (χ3n) is 4.07. The van der Waals surface area contributed by atoms with Crippen LogP contribution in [-0.2, 0) is 11.2 Å². The van der Waals surface area contributed by atoms with Gasteiger partial charge in [0, 0.05) is 6.54 Å². The van der Waals surface area contributed by atoms with Gasteiger partial charge >= 0.3 is 0 Å². The fraction of sp³-hybridized carbons (Fsp3) is 0.667. The molecular formula is C15H23NO3. The molecule has 1 amide bonds. The Morgan fingerprint density at radius 1 is 1.47 bits per heavy atom. The molecule has 19 heavy (non-hydrogen) atoms. The first-order valence-corrected chi connectivity index (χ1v) is 7.08. The minimum absolute atomic E-state index is 0.0718. The van der Waals surface area contributed by atoms with Crippen LogP contribution in [0.5, 0.6) is 0 Å². The average molecular weight is 265 g/mol. The first-order valence-electron chi connectivity index (χ1n) is 7.08. The molecule has 1 aliphatic carbocycles. The molecule has 0 aromatic carbocycles. The zero-order chi connectivity index (χ0) is 13.7. The third kappa shape index (κ3) is 4.10. The van der Waals surface area contributed by atoms with Gasteiger partial charge in [-0.25, -0.2) is 0 Å². The van der Waals surface area contributed by atoms with Crippen molar-refractivity contribution < 1.29 is 14.3 Å². The molecule has 0 aliphatic heterocycles. The number of amides is 1. The Labute approximate surface area is 114 Å². The topological polar surface area (TPSA) is 62.5 Å². The zero-order valence-electron chi connectivity index (χ0n) is 11.5. The van der Waals surface area contributed by atoms with E-state index in [1.54, 1.807) is 18.6 Å². The first-order chi connectivity index (χ1) is 9.08. The SMILES string of the molecule is CC(O)(CNC(=O)Cc1ccoc1)C1CCCCC1. The molecule has 2 rings (SSSR count). The summed E-state index contributed by atoms with van der Waals surface area (Å²) in [7, 11) is 0. The van der Waals surface area contributed by atoms with E-state index in [4.69, 9.17) is 4.42 Å². The van der Waals surface area contributed by atoms with E-state index in [0.717, 1.165) is 18.4 Å². The lowest BCUT2D eigenvalue weighted by molar-refractivity contribution is -0.122. The highest BCUT2D eigenvalue weighted by atomic mass is 16.3. The van der Waals surface area contributed by atoms with Crippen LogP contribution in [0.2, 0.25) is 0 Å². The number of carbonyl (C=O) groups is 1. The van der Waals surface area contributed by atoms with Gasteiger partial charge in [0.05, 0.1) is 24.5 Å². The molecule has 1 aliphatic rings. The second-order valence-electron chi connectivity index (χ2n) is 5.78. The highest BCUT2D eigenvalue weighted by Crippen LogP contribution is 2.32. The van der Waals surface area contributed by atoms with Gasteiger partial charge in [0.2, 0.25) is 5.91 Å². The highest BCUT2D eigenvalue weighted by Gasteiger charge is 2.32. The van der Waals surface area contributed by atoms with Crippen molar-refractivity contribution in [3.05, 3.63) is 24.2 Å². The predicted molar refractivity (Wildman–Crippen MR) is 72.6 cm³/mol.